The summed E-state index contributed by atoms with van der Waals surface area (Å²) in [6, 6.07) is 1.80. The Hall–Kier alpha value is -1.50. The van der Waals surface area contributed by atoms with Gasteiger partial charge in [-0.15, -0.1) is 0 Å². The quantitative estimate of drug-likeness (QED) is 0.898. The number of hydrogen-bond donors (Lipinski definition) is 1. The molecule has 0 atom stereocenters. The van der Waals surface area contributed by atoms with Gasteiger partial charge in [0.2, 0.25) is 0 Å². The van der Waals surface area contributed by atoms with E-state index in [4.69, 9.17) is 10.5 Å². The molecule has 0 aromatic carbocycles. The van der Waals surface area contributed by atoms with Crippen LogP contribution in [0.25, 0.3) is 0 Å². The number of alkyl halides is 3. The van der Waals surface area contributed by atoms with Gasteiger partial charge in [0, 0.05) is 13.6 Å². The van der Waals surface area contributed by atoms with Crippen molar-refractivity contribution in [3.05, 3.63) is 17.7 Å². The van der Waals surface area contributed by atoms with Gasteiger partial charge in [0.15, 0.2) is 0 Å². The van der Waals surface area contributed by atoms with Crippen molar-refractivity contribution in [2.24, 2.45) is 0 Å². The summed E-state index contributed by atoms with van der Waals surface area (Å²) < 4.78 is 43.3. The van der Waals surface area contributed by atoms with Crippen molar-refractivity contribution in [2.45, 2.75) is 26.1 Å². The lowest BCUT2D eigenvalue weighted by molar-refractivity contribution is -0.137. The van der Waals surface area contributed by atoms with Gasteiger partial charge in [0.25, 0.3) is 0 Å². The minimum absolute atomic E-state index is 0.0768. The largest absolute Gasteiger partial charge is 0.416 e. The van der Waals surface area contributed by atoms with Crippen molar-refractivity contribution in [3.63, 3.8) is 0 Å². The second-order valence-corrected chi connectivity index (χ2v) is 4.48. The third kappa shape index (κ3) is 4.94. The Bertz CT molecular complexity index is 421. The third-order valence-electron chi connectivity index (χ3n) is 2.43. The monoisotopic (exact) mass is 277 g/mol. The summed E-state index contributed by atoms with van der Waals surface area (Å²) in [5, 5.41) is 0. The number of nitrogens with two attached hydrogens (primary N) is 1. The fraction of sp³-hybridized carbons (Fsp3) is 0.583. The van der Waals surface area contributed by atoms with Crippen molar-refractivity contribution in [1.29, 1.82) is 0 Å². The highest BCUT2D eigenvalue weighted by molar-refractivity contribution is 5.48. The van der Waals surface area contributed by atoms with Crippen molar-refractivity contribution in [1.82, 2.24) is 4.98 Å². The van der Waals surface area contributed by atoms with Crippen LogP contribution in [0, 0.1) is 0 Å². The van der Waals surface area contributed by atoms with Gasteiger partial charge in [-0.05, 0) is 26.0 Å². The number of halogens is 3. The first-order chi connectivity index (χ1) is 8.70. The van der Waals surface area contributed by atoms with E-state index in [1.54, 1.807) is 11.9 Å². The van der Waals surface area contributed by atoms with E-state index < -0.39 is 11.7 Å². The Morgan fingerprint density at radius 3 is 2.53 bits per heavy atom. The molecule has 1 aromatic heterocycles. The summed E-state index contributed by atoms with van der Waals surface area (Å²) in [4.78, 5) is 5.47. The molecule has 1 aromatic rings. The topological polar surface area (TPSA) is 51.4 Å². The zero-order valence-corrected chi connectivity index (χ0v) is 11.2. The fourth-order valence-corrected chi connectivity index (χ4v) is 1.44. The maximum absolute atomic E-state index is 12.6. The second-order valence-electron chi connectivity index (χ2n) is 4.48. The molecule has 0 spiro atoms. The number of nitrogens with zero attached hydrogens (tertiary/aromatic N) is 2. The van der Waals surface area contributed by atoms with Crippen LogP contribution in [0.3, 0.4) is 0 Å². The summed E-state index contributed by atoms with van der Waals surface area (Å²) in [6.07, 6.45) is -4.35. The molecule has 0 unspecified atom stereocenters. The van der Waals surface area contributed by atoms with E-state index in [-0.39, 0.29) is 17.7 Å². The van der Waals surface area contributed by atoms with Gasteiger partial charge in [-0.1, -0.05) is 0 Å². The predicted molar refractivity (Wildman–Crippen MR) is 68.0 cm³/mol. The van der Waals surface area contributed by atoms with Crippen LogP contribution in [0.1, 0.15) is 19.4 Å². The Morgan fingerprint density at radius 1 is 1.37 bits per heavy atom. The van der Waals surface area contributed by atoms with Crippen LogP contribution in [-0.2, 0) is 10.9 Å². The average Bonchev–Trinajstić information content (AvgIpc) is 2.26. The number of hydrogen-bond acceptors (Lipinski definition) is 4. The Morgan fingerprint density at radius 2 is 2.00 bits per heavy atom. The lowest BCUT2D eigenvalue weighted by Gasteiger charge is -2.20. The molecule has 2 N–H and O–H groups in total. The molecule has 19 heavy (non-hydrogen) atoms. The van der Waals surface area contributed by atoms with E-state index in [1.165, 1.54) is 0 Å². The van der Waals surface area contributed by atoms with E-state index in [0.29, 0.717) is 13.2 Å². The van der Waals surface area contributed by atoms with Gasteiger partial charge < -0.3 is 15.4 Å². The molecular weight excluding hydrogens is 259 g/mol. The highest BCUT2D eigenvalue weighted by Gasteiger charge is 2.31. The number of rotatable bonds is 5. The number of nitrogen functional groups attached to an aromatic ring is 1. The van der Waals surface area contributed by atoms with E-state index in [1.807, 2.05) is 13.8 Å². The predicted octanol–water partition coefficient (Wildman–Crippen LogP) is 2.54. The van der Waals surface area contributed by atoms with E-state index in [9.17, 15) is 13.2 Å². The molecule has 0 aliphatic heterocycles. The van der Waals surface area contributed by atoms with Crippen LogP contribution in [0.15, 0.2) is 12.1 Å². The molecule has 0 fully saturated rings. The first-order valence-electron chi connectivity index (χ1n) is 5.87. The van der Waals surface area contributed by atoms with Crippen LogP contribution in [0.4, 0.5) is 24.8 Å². The fourth-order valence-electron chi connectivity index (χ4n) is 1.44. The van der Waals surface area contributed by atoms with Crippen molar-refractivity contribution < 1.29 is 17.9 Å². The molecule has 7 heteroatoms. The van der Waals surface area contributed by atoms with Gasteiger partial charge in [0.05, 0.1) is 18.3 Å². The van der Waals surface area contributed by atoms with Crippen LogP contribution in [0.2, 0.25) is 0 Å². The Balaban J connectivity index is 2.79. The SMILES string of the molecule is CC(C)OCCN(C)c1cc(C(F)(F)F)cc(N)n1. The van der Waals surface area contributed by atoms with Crippen molar-refractivity contribution >= 4 is 11.6 Å². The van der Waals surface area contributed by atoms with E-state index >= 15 is 0 Å². The Labute approximate surface area is 110 Å². The minimum atomic E-state index is -4.43. The molecule has 0 amide bonds. The molecular formula is C12H18F3N3O. The van der Waals surface area contributed by atoms with Gasteiger partial charge in [-0.25, -0.2) is 4.98 Å². The summed E-state index contributed by atoms with van der Waals surface area (Å²) >= 11 is 0. The number of aromatic nitrogens is 1. The number of pyridine rings is 1. The van der Waals surface area contributed by atoms with Gasteiger partial charge in [-0.2, -0.15) is 13.2 Å². The third-order valence-corrected chi connectivity index (χ3v) is 2.43. The summed E-state index contributed by atoms with van der Waals surface area (Å²) in [6.45, 7) is 4.62. The first kappa shape index (κ1) is 15.6. The number of anilines is 2. The van der Waals surface area contributed by atoms with E-state index in [0.717, 1.165) is 12.1 Å². The Kier molecular flexibility index (Phi) is 4.99. The lowest BCUT2D eigenvalue weighted by Crippen LogP contribution is -2.25. The molecule has 1 rings (SSSR count). The average molecular weight is 277 g/mol. The first-order valence-corrected chi connectivity index (χ1v) is 5.87. The zero-order chi connectivity index (χ0) is 14.6. The molecule has 108 valence electrons. The highest BCUT2D eigenvalue weighted by Crippen LogP contribution is 2.32. The molecule has 0 saturated heterocycles. The van der Waals surface area contributed by atoms with E-state index in [2.05, 4.69) is 4.98 Å². The van der Waals surface area contributed by atoms with Crippen molar-refractivity contribution in [3.8, 4) is 0 Å². The van der Waals surface area contributed by atoms with Crippen LogP contribution in [0.5, 0.6) is 0 Å². The van der Waals surface area contributed by atoms with Crippen LogP contribution in [-0.4, -0.2) is 31.3 Å². The van der Waals surface area contributed by atoms with Gasteiger partial charge in [-0.3, -0.25) is 0 Å². The molecule has 0 aliphatic carbocycles. The smallest absolute Gasteiger partial charge is 0.384 e. The molecule has 4 nitrogen and oxygen atoms in total. The normalized spacial score (nSPS) is 11.9. The second kappa shape index (κ2) is 6.10. The summed E-state index contributed by atoms with van der Waals surface area (Å²) in [5.41, 5.74) is 4.60. The minimum Gasteiger partial charge on any atom is -0.384 e. The van der Waals surface area contributed by atoms with Gasteiger partial charge >= 0.3 is 6.18 Å². The number of likely N-dealkylation sites (N-methyl/N-ethyl adjacent to an activating group) is 1. The standard InChI is InChI=1S/C12H18F3N3O/c1-8(2)19-5-4-18(3)11-7-9(12(13,14)15)6-10(16)17-11/h6-8H,4-5H2,1-3H3,(H2,16,17). The lowest BCUT2D eigenvalue weighted by atomic mass is 10.2. The molecule has 0 bridgehead atoms. The zero-order valence-electron chi connectivity index (χ0n) is 11.2. The highest BCUT2D eigenvalue weighted by atomic mass is 19.4. The van der Waals surface area contributed by atoms with Crippen LogP contribution < -0.4 is 10.6 Å². The van der Waals surface area contributed by atoms with Crippen molar-refractivity contribution in [2.75, 3.05) is 30.8 Å². The summed E-state index contributed by atoms with van der Waals surface area (Å²) in [5.74, 6) is 0.0288. The summed E-state index contributed by atoms with van der Waals surface area (Å²) in [7, 11) is 1.64. The van der Waals surface area contributed by atoms with Crippen LogP contribution >= 0.6 is 0 Å². The maximum Gasteiger partial charge on any atom is 0.416 e. The molecule has 0 aliphatic rings. The molecule has 0 radical (unpaired) electrons. The molecule has 0 saturated carbocycles. The maximum atomic E-state index is 12.6. The van der Waals surface area contributed by atoms with Gasteiger partial charge in [0.1, 0.15) is 11.6 Å². The molecule has 1 heterocycles. The number of ether oxygens (including phenoxy) is 1.